The van der Waals surface area contributed by atoms with Gasteiger partial charge in [-0.05, 0) is 59.7 Å². The van der Waals surface area contributed by atoms with Gasteiger partial charge in [0.25, 0.3) is 0 Å². The molecule has 1 amide bonds. The van der Waals surface area contributed by atoms with Crippen LogP contribution in [-0.2, 0) is 17.6 Å². The van der Waals surface area contributed by atoms with Crippen LogP contribution in [0.4, 0.5) is 0 Å². The number of methoxy groups -OCH3 is 2. The molecule has 0 saturated carbocycles. The summed E-state index contributed by atoms with van der Waals surface area (Å²) in [6, 6.07) is 12.0. The number of aryl methyl sites for hydroxylation is 1. The lowest BCUT2D eigenvalue weighted by Crippen LogP contribution is -2.43. The zero-order chi connectivity index (χ0) is 21.7. The summed E-state index contributed by atoms with van der Waals surface area (Å²) < 4.78 is 17.2. The van der Waals surface area contributed by atoms with Gasteiger partial charge in [-0.1, -0.05) is 32.9 Å². The van der Waals surface area contributed by atoms with Gasteiger partial charge in [0.15, 0.2) is 11.5 Å². The van der Waals surface area contributed by atoms with E-state index in [9.17, 15) is 4.79 Å². The predicted octanol–water partition coefficient (Wildman–Crippen LogP) is 4.82. The van der Waals surface area contributed by atoms with Crippen LogP contribution in [0.1, 0.15) is 49.9 Å². The quantitative estimate of drug-likeness (QED) is 0.625. The molecule has 5 heteroatoms. The SMILES string of the molecule is CCc1ccc(OC[C@H]2c3cc(OC)c(OC)cc3CCN2C(=O)CC(C)C)cc1. The first-order chi connectivity index (χ1) is 14.5. The molecule has 5 nitrogen and oxygen atoms in total. The topological polar surface area (TPSA) is 48.0 Å². The molecule has 0 saturated heterocycles. The van der Waals surface area contributed by atoms with Crippen LogP contribution >= 0.6 is 0 Å². The van der Waals surface area contributed by atoms with Crippen LogP contribution in [-0.4, -0.2) is 38.2 Å². The molecule has 0 radical (unpaired) electrons. The van der Waals surface area contributed by atoms with Crippen molar-refractivity contribution in [2.24, 2.45) is 5.92 Å². The Hall–Kier alpha value is -2.69. The van der Waals surface area contributed by atoms with Crippen molar-refractivity contribution in [3.05, 3.63) is 53.1 Å². The van der Waals surface area contributed by atoms with E-state index in [0.717, 1.165) is 24.2 Å². The van der Waals surface area contributed by atoms with Crippen molar-refractivity contribution in [3.63, 3.8) is 0 Å². The summed E-state index contributed by atoms with van der Waals surface area (Å²) in [7, 11) is 3.28. The Kier molecular flexibility index (Phi) is 7.24. The number of rotatable bonds is 8. The molecule has 1 atom stereocenters. The summed E-state index contributed by atoms with van der Waals surface area (Å²) in [5.41, 5.74) is 3.52. The molecule has 30 heavy (non-hydrogen) atoms. The Labute approximate surface area is 179 Å². The van der Waals surface area contributed by atoms with Crippen LogP contribution in [0.3, 0.4) is 0 Å². The van der Waals surface area contributed by atoms with E-state index in [4.69, 9.17) is 14.2 Å². The Bertz CT molecular complexity index is 860. The molecular weight excluding hydrogens is 378 g/mol. The third-order valence-electron chi connectivity index (χ3n) is 5.65. The lowest BCUT2D eigenvalue weighted by molar-refractivity contribution is -0.135. The van der Waals surface area contributed by atoms with E-state index in [1.807, 2.05) is 29.2 Å². The highest BCUT2D eigenvalue weighted by molar-refractivity contribution is 5.77. The number of ether oxygens (including phenoxy) is 3. The number of carbonyl (C=O) groups is 1. The molecule has 0 N–H and O–H groups in total. The standard InChI is InChI=1S/C25H33NO4/c1-6-18-7-9-20(10-8-18)30-16-22-21-15-24(29-5)23(28-4)14-19(21)11-12-26(22)25(27)13-17(2)3/h7-10,14-15,17,22H,6,11-13,16H2,1-5H3/t22-/m0/s1. The van der Waals surface area contributed by atoms with E-state index in [2.05, 4.69) is 32.9 Å². The normalized spacial score (nSPS) is 15.7. The maximum Gasteiger partial charge on any atom is 0.223 e. The number of benzene rings is 2. The monoisotopic (exact) mass is 411 g/mol. The van der Waals surface area contributed by atoms with Crippen LogP contribution in [0.25, 0.3) is 0 Å². The summed E-state index contributed by atoms with van der Waals surface area (Å²) in [6.07, 6.45) is 2.32. The highest BCUT2D eigenvalue weighted by Gasteiger charge is 2.32. The molecule has 1 aliphatic heterocycles. The average molecular weight is 412 g/mol. The van der Waals surface area contributed by atoms with E-state index >= 15 is 0 Å². The number of fused-ring (bicyclic) bond motifs is 1. The largest absolute Gasteiger partial charge is 0.493 e. The van der Waals surface area contributed by atoms with Crippen LogP contribution in [0, 0.1) is 5.92 Å². The molecule has 0 aliphatic carbocycles. The van der Waals surface area contributed by atoms with Crippen molar-refractivity contribution in [3.8, 4) is 17.2 Å². The summed E-state index contributed by atoms with van der Waals surface area (Å²) >= 11 is 0. The zero-order valence-corrected chi connectivity index (χ0v) is 18.7. The van der Waals surface area contributed by atoms with Gasteiger partial charge >= 0.3 is 0 Å². The average Bonchev–Trinajstić information content (AvgIpc) is 2.76. The Morgan fingerprint density at radius 3 is 2.37 bits per heavy atom. The van der Waals surface area contributed by atoms with Gasteiger partial charge in [-0.2, -0.15) is 0 Å². The highest BCUT2D eigenvalue weighted by Crippen LogP contribution is 2.38. The lowest BCUT2D eigenvalue weighted by atomic mass is 9.91. The van der Waals surface area contributed by atoms with Gasteiger partial charge in [0.2, 0.25) is 5.91 Å². The number of hydrogen-bond acceptors (Lipinski definition) is 4. The summed E-state index contributed by atoms with van der Waals surface area (Å²) in [6.45, 7) is 7.36. The molecule has 0 spiro atoms. The van der Waals surface area contributed by atoms with E-state index in [1.54, 1.807) is 14.2 Å². The van der Waals surface area contributed by atoms with Gasteiger partial charge in [0, 0.05) is 13.0 Å². The van der Waals surface area contributed by atoms with Crippen molar-refractivity contribution in [2.45, 2.75) is 46.1 Å². The van der Waals surface area contributed by atoms with Crippen molar-refractivity contribution in [1.82, 2.24) is 4.90 Å². The molecule has 0 bridgehead atoms. The number of carbonyl (C=O) groups excluding carboxylic acids is 1. The van der Waals surface area contributed by atoms with E-state index in [-0.39, 0.29) is 11.9 Å². The molecule has 3 rings (SSSR count). The fraction of sp³-hybridized carbons (Fsp3) is 0.480. The second-order valence-electron chi connectivity index (χ2n) is 8.17. The first-order valence-corrected chi connectivity index (χ1v) is 10.7. The molecule has 2 aromatic rings. The van der Waals surface area contributed by atoms with Crippen molar-refractivity contribution < 1.29 is 19.0 Å². The maximum atomic E-state index is 13.0. The highest BCUT2D eigenvalue weighted by atomic mass is 16.5. The van der Waals surface area contributed by atoms with Gasteiger partial charge in [0.1, 0.15) is 12.4 Å². The number of nitrogens with zero attached hydrogens (tertiary/aromatic N) is 1. The van der Waals surface area contributed by atoms with Crippen LogP contribution in [0.15, 0.2) is 36.4 Å². The summed E-state index contributed by atoms with van der Waals surface area (Å²) in [4.78, 5) is 15.0. The minimum absolute atomic E-state index is 0.161. The summed E-state index contributed by atoms with van der Waals surface area (Å²) in [5, 5.41) is 0. The van der Waals surface area contributed by atoms with Gasteiger partial charge in [-0.3, -0.25) is 4.79 Å². The smallest absolute Gasteiger partial charge is 0.223 e. The minimum Gasteiger partial charge on any atom is -0.493 e. The third kappa shape index (κ3) is 4.89. The predicted molar refractivity (Wildman–Crippen MR) is 118 cm³/mol. The van der Waals surface area contributed by atoms with Gasteiger partial charge in [-0.25, -0.2) is 0 Å². The molecule has 1 aliphatic rings. The minimum atomic E-state index is -0.161. The van der Waals surface area contributed by atoms with E-state index in [1.165, 1.54) is 11.1 Å². The summed E-state index contributed by atoms with van der Waals surface area (Å²) in [5.74, 6) is 2.68. The Morgan fingerprint density at radius 2 is 1.77 bits per heavy atom. The van der Waals surface area contributed by atoms with E-state index in [0.29, 0.717) is 37.0 Å². The number of hydrogen-bond donors (Lipinski definition) is 0. The van der Waals surface area contributed by atoms with Crippen LogP contribution in [0.2, 0.25) is 0 Å². The van der Waals surface area contributed by atoms with Crippen LogP contribution in [0.5, 0.6) is 17.2 Å². The second kappa shape index (κ2) is 9.88. The van der Waals surface area contributed by atoms with Gasteiger partial charge < -0.3 is 19.1 Å². The van der Waals surface area contributed by atoms with Crippen molar-refractivity contribution in [2.75, 3.05) is 27.4 Å². The van der Waals surface area contributed by atoms with Crippen molar-refractivity contribution in [1.29, 1.82) is 0 Å². The zero-order valence-electron chi connectivity index (χ0n) is 18.7. The van der Waals surface area contributed by atoms with Crippen molar-refractivity contribution >= 4 is 5.91 Å². The number of amides is 1. The second-order valence-corrected chi connectivity index (χ2v) is 8.17. The first-order valence-electron chi connectivity index (χ1n) is 10.7. The Balaban J connectivity index is 1.91. The molecule has 1 heterocycles. The molecule has 0 fully saturated rings. The van der Waals surface area contributed by atoms with Gasteiger partial charge in [0.05, 0.1) is 20.3 Å². The Morgan fingerprint density at radius 1 is 1.10 bits per heavy atom. The first kappa shape index (κ1) is 22.0. The lowest BCUT2D eigenvalue weighted by Gasteiger charge is -2.38. The molecule has 2 aromatic carbocycles. The molecule has 0 aromatic heterocycles. The van der Waals surface area contributed by atoms with Gasteiger partial charge in [-0.15, -0.1) is 0 Å². The fourth-order valence-corrected chi connectivity index (χ4v) is 3.97. The van der Waals surface area contributed by atoms with E-state index < -0.39 is 0 Å². The molecule has 0 unspecified atom stereocenters. The molecular formula is C25H33NO4. The fourth-order valence-electron chi connectivity index (χ4n) is 3.97. The third-order valence-corrected chi connectivity index (χ3v) is 5.65. The molecule has 162 valence electrons. The maximum absolute atomic E-state index is 13.0. The van der Waals surface area contributed by atoms with Crippen LogP contribution < -0.4 is 14.2 Å².